The molecule has 0 aliphatic heterocycles. The number of halogens is 1. The first-order valence-corrected chi connectivity index (χ1v) is 12.0. The van der Waals surface area contributed by atoms with Crippen LogP contribution in [0.25, 0.3) is 10.4 Å². The first-order chi connectivity index (χ1) is 14.1. The van der Waals surface area contributed by atoms with Crippen molar-refractivity contribution in [3.05, 3.63) is 64.8 Å². The molecular weight excluding hydrogens is 446 g/mol. The summed E-state index contributed by atoms with van der Waals surface area (Å²) in [6.07, 6.45) is 0.271. The number of carbonyl (C=O) groups is 1. The first-order valence-electron chi connectivity index (χ1n) is 8.90. The number of nitrogens with zero attached hydrogens (tertiary/aromatic N) is 1. The number of nitrogens with one attached hydrogen (secondary N) is 2. The molecule has 30 heavy (non-hydrogen) atoms. The molecule has 0 saturated heterocycles. The number of hydrogen-bond acceptors (Lipinski definition) is 6. The van der Waals surface area contributed by atoms with Crippen molar-refractivity contribution in [1.82, 2.24) is 10.3 Å². The highest BCUT2D eigenvalue weighted by Gasteiger charge is 2.17. The van der Waals surface area contributed by atoms with E-state index in [1.807, 2.05) is 18.2 Å². The summed E-state index contributed by atoms with van der Waals surface area (Å²) < 4.78 is 23.8. The number of aromatic nitrogens is 1. The number of aryl methyl sites for hydroxylation is 1. The second kappa shape index (κ2) is 9.13. The van der Waals surface area contributed by atoms with E-state index in [0.717, 1.165) is 11.1 Å². The van der Waals surface area contributed by atoms with Crippen molar-refractivity contribution in [1.29, 1.82) is 0 Å². The molecule has 1 heterocycles. The molecule has 2 amide bonds. The van der Waals surface area contributed by atoms with Gasteiger partial charge < -0.3 is 10.4 Å². The van der Waals surface area contributed by atoms with Crippen molar-refractivity contribution >= 4 is 43.9 Å². The van der Waals surface area contributed by atoms with E-state index < -0.39 is 22.0 Å². The number of sulfone groups is 1. The van der Waals surface area contributed by atoms with Crippen molar-refractivity contribution < 1.29 is 18.3 Å². The minimum absolute atomic E-state index is 0.0385. The molecule has 7 nitrogen and oxygen atoms in total. The van der Waals surface area contributed by atoms with Crippen LogP contribution >= 0.6 is 22.9 Å². The lowest BCUT2D eigenvalue weighted by atomic mass is 10.1. The van der Waals surface area contributed by atoms with Crippen LogP contribution in [0.5, 0.6) is 0 Å². The molecule has 0 saturated carbocycles. The molecule has 3 N–H and O–H groups in total. The van der Waals surface area contributed by atoms with E-state index in [1.54, 1.807) is 25.1 Å². The van der Waals surface area contributed by atoms with Gasteiger partial charge in [-0.05, 0) is 30.2 Å². The van der Waals surface area contributed by atoms with E-state index in [1.165, 1.54) is 23.5 Å². The van der Waals surface area contributed by atoms with Gasteiger partial charge in [0.15, 0.2) is 15.0 Å². The predicted octanol–water partition coefficient (Wildman–Crippen LogP) is 4.03. The smallest absolute Gasteiger partial charge is 0.321 e. The van der Waals surface area contributed by atoms with Gasteiger partial charge in [0.05, 0.1) is 26.6 Å². The molecule has 3 aromatic rings. The Kier molecular flexibility index (Phi) is 6.77. The Balaban J connectivity index is 1.70. The Labute approximate surface area is 183 Å². The van der Waals surface area contributed by atoms with E-state index >= 15 is 0 Å². The number of thiazole rings is 1. The quantitative estimate of drug-likeness (QED) is 0.509. The third-order valence-electron chi connectivity index (χ3n) is 4.25. The van der Waals surface area contributed by atoms with Crippen LogP contribution in [0.2, 0.25) is 5.02 Å². The maximum absolute atomic E-state index is 12.2. The summed E-state index contributed by atoms with van der Waals surface area (Å²) in [5, 5.41) is 15.9. The first kappa shape index (κ1) is 22.2. The van der Waals surface area contributed by atoms with Crippen molar-refractivity contribution in [2.45, 2.75) is 17.9 Å². The SMILES string of the molecule is Cc1nc(NC(=O)NC[C@H](O)c2ccccc2)sc1-c1ccc(Cl)c(S(C)(=O)=O)c1. The zero-order valence-corrected chi connectivity index (χ0v) is 18.6. The predicted molar refractivity (Wildman–Crippen MR) is 119 cm³/mol. The molecule has 0 fully saturated rings. The van der Waals surface area contributed by atoms with E-state index in [0.29, 0.717) is 22.0 Å². The summed E-state index contributed by atoms with van der Waals surface area (Å²) in [5.74, 6) is 0. The van der Waals surface area contributed by atoms with Gasteiger partial charge in [0.25, 0.3) is 0 Å². The van der Waals surface area contributed by atoms with Crippen LogP contribution in [0.4, 0.5) is 9.93 Å². The number of hydrogen-bond donors (Lipinski definition) is 3. The van der Waals surface area contributed by atoms with Gasteiger partial charge in [0.2, 0.25) is 0 Å². The molecule has 3 rings (SSSR count). The monoisotopic (exact) mass is 465 g/mol. The van der Waals surface area contributed by atoms with E-state index in [4.69, 9.17) is 11.6 Å². The summed E-state index contributed by atoms with van der Waals surface area (Å²) >= 11 is 7.22. The summed E-state index contributed by atoms with van der Waals surface area (Å²) in [7, 11) is -3.48. The van der Waals surface area contributed by atoms with Crippen LogP contribution in [0.3, 0.4) is 0 Å². The molecule has 2 aromatic carbocycles. The normalized spacial score (nSPS) is 12.4. The molecule has 10 heteroatoms. The van der Waals surface area contributed by atoms with Crippen LogP contribution in [-0.2, 0) is 9.84 Å². The Morgan fingerprint density at radius 1 is 1.23 bits per heavy atom. The fourth-order valence-corrected chi connectivity index (χ4v) is 5.03. The van der Waals surface area contributed by atoms with Gasteiger partial charge in [-0.25, -0.2) is 18.2 Å². The maximum Gasteiger partial charge on any atom is 0.321 e. The van der Waals surface area contributed by atoms with Crippen LogP contribution in [0.15, 0.2) is 53.4 Å². The van der Waals surface area contributed by atoms with Crippen molar-refractivity contribution in [3.63, 3.8) is 0 Å². The average molecular weight is 466 g/mol. The number of aliphatic hydroxyl groups is 1. The van der Waals surface area contributed by atoms with E-state index in [-0.39, 0.29) is 16.5 Å². The standard InChI is InChI=1S/C20H20ClN3O4S2/c1-12-18(14-8-9-15(21)17(10-14)30(2,27)28)29-20(23-12)24-19(26)22-11-16(25)13-6-4-3-5-7-13/h3-10,16,25H,11H2,1-2H3,(H2,22,23,24,26)/t16-/m0/s1. The van der Waals surface area contributed by atoms with Crippen LogP contribution in [0.1, 0.15) is 17.4 Å². The Morgan fingerprint density at radius 3 is 2.60 bits per heavy atom. The van der Waals surface area contributed by atoms with E-state index in [9.17, 15) is 18.3 Å². The van der Waals surface area contributed by atoms with Gasteiger partial charge in [0.1, 0.15) is 0 Å². The Bertz CT molecular complexity index is 1160. The van der Waals surface area contributed by atoms with Crippen molar-refractivity contribution in [2.24, 2.45) is 0 Å². The zero-order valence-electron chi connectivity index (χ0n) is 16.2. The van der Waals surface area contributed by atoms with Gasteiger partial charge >= 0.3 is 6.03 Å². The Morgan fingerprint density at radius 2 is 1.93 bits per heavy atom. The number of rotatable bonds is 6. The van der Waals surface area contributed by atoms with Crippen LogP contribution < -0.4 is 10.6 Å². The highest BCUT2D eigenvalue weighted by molar-refractivity contribution is 7.90. The van der Waals surface area contributed by atoms with Gasteiger partial charge in [-0.15, -0.1) is 0 Å². The average Bonchev–Trinajstić information content (AvgIpc) is 3.06. The highest BCUT2D eigenvalue weighted by Crippen LogP contribution is 2.35. The summed E-state index contributed by atoms with van der Waals surface area (Å²) in [5.41, 5.74) is 1.98. The van der Waals surface area contributed by atoms with Crippen LogP contribution in [-0.4, -0.2) is 37.3 Å². The molecule has 158 valence electrons. The van der Waals surface area contributed by atoms with Gasteiger partial charge in [-0.3, -0.25) is 5.32 Å². The number of carbonyl (C=O) groups excluding carboxylic acids is 1. The molecule has 1 aromatic heterocycles. The third kappa shape index (κ3) is 5.37. The molecule has 0 bridgehead atoms. The number of aliphatic hydroxyl groups excluding tert-OH is 1. The minimum atomic E-state index is -3.48. The number of benzene rings is 2. The molecule has 1 atom stereocenters. The van der Waals surface area contributed by atoms with Crippen LogP contribution in [0, 0.1) is 6.92 Å². The molecule has 0 spiro atoms. The molecule has 0 radical (unpaired) electrons. The summed E-state index contributed by atoms with van der Waals surface area (Å²) in [4.78, 5) is 17.3. The third-order valence-corrected chi connectivity index (χ3v) is 6.95. The lowest BCUT2D eigenvalue weighted by Crippen LogP contribution is -2.32. The highest BCUT2D eigenvalue weighted by atomic mass is 35.5. The lowest BCUT2D eigenvalue weighted by Gasteiger charge is -2.12. The zero-order chi connectivity index (χ0) is 21.9. The van der Waals surface area contributed by atoms with E-state index in [2.05, 4.69) is 15.6 Å². The second-order valence-electron chi connectivity index (χ2n) is 6.61. The number of anilines is 1. The Hall–Kier alpha value is -2.46. The lowest BCUT2D eigenvalue weighted by molar-refractivity contribution is 0.175. The largest absolute Gasteiger partial charge is 0.387 e. The molecule has 0 aliphatic carbocycles. The topological polar surface area (TPSA) is 108 Å². The van der Waals surface area contributed by atoms with Crippen molar-refractivity contribution in [2.75, 3.05) is 18.1 Å². The maximum atomic E-state index is 12.2. The molecule has 0 unspecified atom stereocenters. The second-order valence-corrected chi connectivity index (χ2v) is 10.0. The number of amides is 2. The fourth-order valence-electron chi connectivity index (χ4n) is 2.77. The summed E-state index contributed by atoms with van der Waals surface area (Å²) in [6.45, 7) is 1.81. The molecule has 0 aliphatic rings. The number of urea groups is 1. The van der Waals surface area contributed by atoms with Crippen molar-refractivity contribution in [3.8, 4) is 10.4 Å². The van der Waals surface area contributed by atoms with Gasteiger partial charge in [-0.2, -0.15) is 0 Å². The minimum Gasteiger partial charge on any atom is -0.387 e. The van der Waals surface area contributed by atoms with Gasteiger partial charge in [-0.1, -0.05) is 59.3 Å². The summed E-state index contributed by atoms with van der Waals surface area (Å²) in [6, 6.07) is 13.2. The molecular formula is C20H20ClN3O4S2. The fraction of sp³-hybridized carbons (Fsp3) is 0.200. The van der Waals surface area contributed by atoms with Gasteiger partial charge in [0, 0.05) is 12.8 Å².